The van der Waals surface area contributed by atoms with Gasteiger partial charge in [-0.2, -0.15) is 0 Å². The van der Waals surface area contributed by atoms with E-state index in [1.807, 2.05) is 30.3 Å². The Morgan fingerprint density at radius 1 is 1.00 bits per heavy atom. The van der Waals surface area contributed by atoms with Crippen LogP contribution in [0.1, 0.15) is 18.1 Å². The lowest BCUT2D eigenvalue weighted by Gasteiger charge is -2.11. The number of phenols is 1. The molecule has 23 heavy (non-hydrogen) atoms. The van der Waals surface area contributed by atoms with E-state index < -0.39 is 0 Å². The molecule has 0 unspecified atom stereocenters. The van der Waals surface area contributed by atoms with Crippen LogP contribution < -0.4 is 10.6 Å². The van der Waals surface area contributed by atoms with Gasteiger partial charge < -0.3 is 15.7 Å². The zero-order valence-electron chi connectivity index (χ0n) is 13.3. The molecular weight excluding hydrogens is 401 g/mol. The van der Waals surface area contributed by atoms with Crippen LogP contribution in [0.5, 0.6) is 5.75 Å². The van der Waals surface area contributed by atoms with Crippen molar-refractivity contribution < 1.29 is 5.11 Å². The number of guanidine groups is 1. The predicted octanol–water partition coefficient (Wildman–Crippen LogP) is 3.31. The number of hydrogen-bond acceptors (Lipinski definition) is 2. The van der Waals surface area contributed by atoms with Gasteiger partial charge in [-0.3, -0.25) is 0 Å². The molecule has 4 nitrogen and oxygen atoms in total. The smallest absolute Gasteiger partial charge is 0.191 e. The maximum absolute atomic E-state index is 9.46. The highest BCUT2D eigenvalue weighted by molar-refractivity contribution is 14.0. The number of benzene rings is 2. The van der Waals surface area contributed by atoms with Crippen molar-refractivity contribution in [3.8, 4) is 5.75 Å². The van der Waals surface area contributed by atoms with E-state index in [0.717, 1.165) is 31.0 Å². The van der Waals surface area contributed by atoms with Gasteiger partial charge in [0.15, 0.2) is 5.96 Å². The fourth-order valence-electron chi connectivity index (χ4n) is 2.13. The zero-order chi connectivity index (χ0) is 15.6. The second-order valence-corrected chi connectivity index (χ2v) is 5.03. The van der Waals surface area contributed by atoms with Crippen LogP contribution in [0.15, 0.2) is 59.6 Å². The molecule has 0 atom stereocenters. The van der Waals surface area contributed by atoms with Gasteiger partial charge in [0.1, 0.15) is 5.75 Å². The van der Waals surface area contributed by atoms with E-state index in [4.69, 9.17) is 0 Å². The normalized spacial score (nSPS) is 10.7. The van der Waals surface area contributed by atoms with Gasteiger partial charge >= 0.3 is 0 Å². The fraction of sp³-hybridized carbons (Fsp3) is 0.278. The largest absolute Gasteiger partial charge is 0.508 e. The Bertz CT molecular complexity index is 602. The van der Waals surface area contributed by atoms with E-state index in [-0.39, 0.29) is 24.0 Å². The number of aromatic hydroxyl groups is 1. The van der Waals surface area contributed by atoms with Crippen molar-refractivity contribution in [2.24, 2.45) is 4.99 Å². The van der Waals surface area contributed by atoms with Crippen LogP contribution in [0.2, 0.25) is 0 Å². The summed E-state index contributed by atoms with van der Waals surface area (Å²) in [5, 5.41) is 16.0. The van der Waals surface area contributed by atoms with Crippen LogP contribution in [0, 0.1) is 0 Å². The Morgan fingerprint density at radius 3 is 2.43 bits per heavy atom. The van der Waals surface area contributed by atoms with E-state index in [1.54, 1.807) is 12.1 Å². The fourth-order valence-corrected chi connectivity index (χ4v) is 2.13. The first kappa shape index (κ1) is 19.3. The first-order valence-electron chi connectivity index (χ1n) is 7.62. The molecule has 0 aliphatic carbocycles. The van der Waals surface area contributed by atoms with Gasteiger partial charge in [-0.1, -0.05) is 42.5 Å². The maximum Gasteiger partial charge on any atom is 0.191 e. The van der Waals surface area contributed by atoms with Crippen molar-refractivity contribution in [1.29, 1.82) is 0 Å². The van der Waals surface area contributed by atoms with E-state index >= 15 is 0 Å². The summed E-state index contributed by atoms with van der Waals surface area (Å²) in [6, 6.07) is 17.5. The average molecular weight is 425 g/mol. The summed E-state index contributed by atoms with van der Waals surface area (Å²) >= 11 is 0. The quantitative estimate of drug-likeness (QED) is 0.378. The molecule has 0 bridgehead atoms. The Labute approximate surface area is 155 Å². The highest BCUT2D eigenvalue weighted by atomic mass is 127. The minimum atomic E-state index is 0. The summed E-state index contributed by atoms with van der Waals surface area (Å²) in [4.78, 5) is 4.58. The van der Waals surface area contributed by atoms with Gasteiger partial charge in [-0.05, 0) is 36.6 Å². The number of nitrogens with zero attached hydrogens (tertiary/aromatic N) is 1. The lowest BCUT2D eigenvalue weighted by atomic mass is 10.1. The Balaban J connectivity index is 0.00000264. The van der Waals surface area contributed by atoms with Crippen LogP contribution in [0.4, 0.5) is 0 Å². The number of nitrogens with one attached hydrogen (secondary N) is 2. The Morgan fingerprint density at radius 2 is 1.74 bits per heavy atom. The molecule has 0 amide bonds. The third-order valence-electron chi connectivity index (χ3n) is 3.22. The number of hydrogen-bond donors (Lipinski definition) is 3. The SMILES string of the molecule is CCNC(=NCc1ccccc1)NCCc1cccc(O)c1.I. The monoisotopic (exact) mass is 425 g/mol. The summed E-state index contributed by atoms with van der Waals surface area (Å²) in [5.41, 5.74) is 2.29. The maximum atomic E-state index is 9.46. The highest BCUT2D eigenvalue weighted by Crippen LogP contribution is 2.10. The molecule has 0 spiro atoms. The molecular formula is C18H24IN3O. The molecule has 5 heteroatoms. The van der Waals surface area contributed by atoms with Gasteiger partial charge in [0.2, 0.25) is 0 Å². The van der Waals surface area contributed by atoms with Gasteiger partial charge in [0.05, 0.1) is 6.54 Å². The van der Waals surface area contributed by atoms with Crippen molar-refractivity contribution in [1.82, 2.24) is 10.6 Å². The molecule has 2 aromatic carbocycles. The van der Waals surface area contributed by atoms with Gasteiger partial charge in [-0.15, -0.1) is 24.0 Å². The van der Waals surface area contributed by atoms with E-state index in [0.29, 0.717) is 12.3 Å². The van der Waals surface area contributed by atoms with Crippen molar-refractivity contribution in [2.45, 2.75) is 19.9 Å². The predicted molar refractivity (Wildman–Crippen MR) is 106 cm³/mol. The topological polar surface area (TPSA) is 56.7 Å². The van der Waals surface area contributed by atoms with Crippen LogP contribution in [-0.4, -0.2) is 24.2 Å². The van der Waals surface area contributed by atoms with Crippen LogP contribution in [-0.2, 0) is 13.0 Å². The van der Waals surface area contributed by atoms with Crippen LogP contribution >= 0.6 is 24.0 Å². The van der Waals surface area contributed by atoms with Gasteiger partial charge in [0.25, 0.3) is 0 Å². The molecule has 0 aromatic heterocycles. The second kappa shape index (κ2) is 10.9. The molecule has 0 saturated carbocycles. The third kappa shape index (κ3) is 7.36. The minimum Gasteiger partial charge on any atom is -0.508 e. The first-order chi connectivity index (χ1) is 10.8. The zero-order valence-corrected chi connectivity index (χ0v) is 15.7. The lowest BCUT2D eigenvalue weighted by Crippen LogP contribution is -2.38. The van der Waals surface area contributed by atoms with Gasteiger partial charge in [-0.25, -0.2) is 4.99 Å². The Kier molecular flexibility index (Phi) is 9.12. The minimum absolute atomic E-state index is 0. The number of halogens is 1. The highest BCUT2D eigenvalue weighted by Gasteiger charge is 1.99. The molecule has 0 saturated heterocycles. The second-order valence-electron chi connectivity index (χ2n) is 5.03. The summed E-state index contributed by atoms with van der Waals surface area (Å²) < 4.78 is 0. The third-order valence-corrected chi connectivity index (χ3v) is 3.22. The van der Waals surface area contributed by atoms with Crippen LogP contribution in [0.25, 0.3) is 0 Å². The summed E-state index contributed by atoms with van der Waals surface area (Å²) in [6.45, 7) is 4.30. The molecule has 3 N–H and O–H groups in total. The van der Waals surface area contributed by atoms with E-state index in [1.165, 1.54) is 5.56 Å². The first-order valence-corrected chi connectivity index (χ1v) is 7.62. The number of phenolic OH excluding ortho intramolecular Hbond substituents is 1. The molecule has 0 aliphatic rings. The summed E-state index contributed by atoms with van der Waals surface area (Å²) in [7, 11) is 0. The molecule has 2 rings (SSSR count). The summed E-state index contributed by atoms with van der Waals surface area (Å²) in [6.07, 6.45) is 0.837. The average Bonchev–Trinajstić information content (AvgIpc) is 2.54. The lowest BCUT2D eigenvalue weighted by molar-refractivity contribution is 0.474. The van der Waals surface area contributed by atoms with Gasteiger partial charge in [0, 0.05) is 13.1 Å². The van der Waals surface area contributed by atoms with E-state index in [9.17, 15) is 5.11 Å². The standard InChI is InChI=1S/C18H23N3O.HI/c1-2-19-18(21-14-16-7-4-3-5-8-16)20-12-11-15-9-6-10-17(22)13-15;/h3-10,13,22H,2,11-12,14H2,1H3,(H2,19,20,21);1H. The number of rotatable bonds is 6. The van der Waals surface area contributed by atoms with Crippen molar-refractivity contribution >= 4 is 29.9 Å². The molecule has 124 valence electrons. The summed E-state index contributed by atoms with van der Waals surface area (Å²) in [5.74, 6) is 1.12. The number of aliphatic imine (C=N–C) groups is 1. The van der Waals surface area contributed by atoms with Crippen molar-refractivity contribution in [2.75, 3.05) is 13.1 Å². The van der Waals surface area contributed by atoms with Crippen LogP contribution in [0.3, 0.4) is 0 Å². The molecule has 0 heterocycles. The van der Waals surface area contributed by atoms with Crippen molar-refractivity contribution in [3.63, 3.8) is 0 Å². The molecule has 0 radical (unpaired) electrons. The Hall–Kier alpha value is -1.76. The molecule has 0 aliphatic heterocycles. The molecule has 0 fully saturated rings. The van der Waals surface area contributed by atoms with Crippen molar-refractivity contribution in [3.05, 3.63) is 65.7 Å². The van der Waals surface area contributed by atoms with E-state index in [2.05, 4.69) is 34.7 Å². The molecule has 2 aromatic rings.